The molecule has 0 unspecified atom stereocenters. The van der Waals surface area contributed by atoms with Crippen molar-refractivity contribution < 1.29 is 9.21 Å². The first-order chi connectivity index (χ1) is 8.61. The Hall–Kier alpha value is -2.08. The van der Waals surface area contributed by atoms with Crippen LogP contribution in [-0.2, 0) is 11.8 Å². The van der Waals surface area contributed by atoms with E-state index >= 15 is 0 Å². The predicted octanol–water partition coefficient (Wildman–Crippen LogP) is 0.809. The Morgan fingerprint density at radius 2 is 2.28 bits per heavy atom. The van der Waals surface area contributed by atoms with Crippen LogP contribution in [0.3, 0.4) is 0 Å². The molecule has 96 valence electrons. The van der Waals surface area contributed by atoms with Crippen LogP contribution in [0.2, 0.25) is 0 Å². The Kier molecular flexibility index (Phi) is 3.47. The number of nitrogens with one attached hydrogen (secondary N) is 1. The van der Waals surface area contributed by atoms with E-state index in [1.165, 1.54) is 4.57 Å². The number of aryl methyl sites for hydroxylation is 1. The van der Waals surface area contributed by atoms with E-state index in [0.29, 0.717) is 36.2 Å². The van der Waals surface area contributed by atoms with Crippen LogP contribution in [0, 0.1) is 0 Å². The van der Waals surface area contributed by atoms with Crippen LogP contribution >= 0.6 is 0 Å². The Morgan fingerprint density at radius 3 is 3.00 bits per heavy atom. The summed E-state index contributed by atoms with van der Waals surface area (Å²) in [6.45, 7) is 0.489. The van der Waals surface area contributed by atoms with Gasteiger partial charge in [-0.2, -0.15) is 0 Å². The number of amides is 1. The monoisotopic (exact) mass is 249 g/mol. The van der Waals surface area contributed by atoms with E-state index in [-0.39, 0.29) is 5.91 Å². The third-order valence-electron chi connectivity index (χ3n) is 2.68. The lowest BCUT2D eigenvalue weighted by molar-refractivity contribution is -0.116. The highest BCUT2D eigenvalue weighted by atomic mass is 16.4. The minimum absolute atomic E-state index is 0.0895. The Balaban J connectivity index is 2.22. The Labute approximate surface area is 103 Å². The van der Waals surface area contributed by atoms with Crippen molar-refractivity contribution in [2.24, 2.45) is 12.8 Å². The Bertz CT molecular complexity index is 627. The van der Waals surface area contributed by atoms with E-state index in [9.17, 15) is 9.59 Å². The lowest BCUT2D eigenvalue weighted by Crippen LogP contribution is -2.13. The van der Waals surface area contributed by atoms with Crippen molar-refractivity contribution >= 4 is 22.7 Å². The quantitative estimate of drug-likeness (QED) is 0.838. The van der Waals surface area contributed by atoms with E-state index in [1.54, 1.807) is 25.2 Å². The molecule has 0 saturated heterocycles. The summed E-state index contributed by atoms with van der Waals surface area (Å²) < 4.78 is 6.40. The van der Waals surface area contributed by atoms with Gasteiger partial charge in [-0.1, -0.05) is 0 Å². The summed E-state index contributed by atoms with van der Waals surface area (Å²) in [4.78, 5) is 22.8. The molecule has 0 saturated carbocycles. The number of anilines is 1. The van der Waals surface area contributed by atoms with Gasteiger partial charge < -0.3 is 15.5 Å². The Morgan fingerprint density at radius 1 is 1.50 bits per heavy atom. The fraction of sp³-hybridized carbons (Fsp3) is 0.333. The zero-order chi connectivity index (χ0) is 13.1. The molecule has 0 atom stereocenters. The minimum Gasteiger partial charge on any atom is -0.408 e. The molecule has 0 aliphatic carbocycles. The minimum atomic E-state index is -0.420. The first kappa shape index (κ1) is 12.4. The molecule has 0 aliphatic rings. The summed E-state index contributed by atoms with van der Waals surface area (Å²) >= 11 is 0. The van der Waals surface area contributed by atoms with Gasteiger partial charge in [0, 0.05) is 19.2 Å². The predicted molar refractivity (Wildman–Crippen MR) is 68.4 cm³/mol. The van der Waals surface area contributed by atoms with E-state index in [0.717, 1.165) is 0 Å². The van der Waals surface area contributed by atoms with Crippen LogP contribution in [-0.4, -0.2) is 17.0 Å². The number of aromatic nitrogens is 1. The number of hydrogen-bond donors (Lipinski definition) is 2. The molecule has 2 rings (SSSR count). The molecule has 0 radical (unpaired) electrons. The van der Waals surface area contributed by atoms with Crippen LogP contribution in [0.1, 0.15) is 12.8 Å². The van der Waals surface area contributed by atoms with Gasteiger partial charge in [-0.25, -0.2) is 4.79 Å². The van der Waals surface area contributed by atoms with Crippen molar-refractivity contribution in [1.82, 2.24) is 4.57 Å². The largest absolute Gasteiger partial charge is 0.419 e. The second kappa shape index (κ2) is 5.05. The van der Waals surface area contributed by atoms with Crippen molar-refractivity contribution in [3.63, 3.8) is 0 Å². The van der Waals surface area contributed by atoms with Gasteiger partial charge in [0.15, 0.2) is 5.58 Å². The van der Waals surface area contributed by atoms with Gasteiger partial charge in [-0.3, -0.25) is 9.36 Å². The lowest BCUT2D eigenvalue weighted by atomic mass is 10.2. The van der Waals surface area contributed by atoms with Gasteiger partial charge in [0.05, 0.1) is 5.52 Å². The average molecular weight is 249 g/mol. The van der Waals surface area contributed by atoms with Crippen molar-refractivity contribution in [3.05, 3.63) is 28.7 Å². The number of fused-ring (bicyclic) bond motifs is 1. The van der Waals surface area contributed by atoms with Gasteiger partial charge in [0.25, 0.3) is 0 Å². The molecular formula is C12H15N3O3. The number of rotatable bonds is 4. The molecule has 1 amide bonds. The first-order valence-corrected chi connectivity index (χ1v) is 5.71. The zero-order valence-electron chi connectivity index (χ0n) is 10.1. The van der Waals surface area contributed by atoms with Crippen LogP contribution in [0.15, 0.2) is 27.4 Å². The summed E-state index contributed by atoms with van der Waals surface area (Å²) in [7, 11) is 1.62. The van der Waals surface area contributed by atoms with Crippen LogP contribution in [0.25, 0.3) is 11.1 Å². The van der Waals surface area contributed by atoms with Gasteiger partial charge >= 0.3 is 5.76 Å². The normalized spacial score (nSPS) is 10.8. The number of nitrogens with two attached hydrogens (primary N) is 1. The summed E-state index contributed by atoms with van der Waals surface area (Å²) in [5.41, 5.74) is 7.13. The van der Waals surface area contributed by atoms with Gasteiger partial charge in [-0.05, 0) is 31.2 Å². The third-order valence-corrected chi connectivity index (χ3v) is 2.68. The molecule has 1 aromatic carbocycles. The zero-order valence-corrected chi connectivity index (χ0v) is 10.1. The molecule has 1 heterocycles. The molecule has 0 bridgehead atoms. The molecule has 6 nitrogen and oxygen atoms in total. The number of carbonyl (C=O) groups excluding carboxylic acids is 1. The summed E-state index contributed by atoms with van der Waals surface area (Å²) in [6, 6.07) is 5.07. The standard InChI is InChI=1S/C12H15N3O3/c1-15-9-7-8(14-11(16)3-2-6-13)4-5-10(9)18-12(15)17/h4-5,7H,2-3,6,13H2,1H3,(H,14,16). The second-order valence-electron chi connectivity index (χ2n) is 4.05. The summed E-state index contributed by atoms with van der Waals surface area (Å²) in [6.07, 6.45) is 1.04. The topological polar surface area (TPSA) is 90.3 Å². The van der Waals surface area contributed by atoms with Crippen molar-refractivity contribution in [3.8, 4) is 0 Å². The fourth-order valence-electron chi connectivity index (χ4n) is 1.69. The maximum Gasteiger partial charge on any atom is 0.419 e. The van der Waals surface area contributed by atoms with Crippen molar-refractivity contribution in [2.45, 2.75) is 12.8 Å². The SMILES string of the molecule is Cn1c(=O)oc2ccc(NC(=O)CCCN)cc21. The van der Waals surface area contributed by atoms with Gasteiger partial charge in [0.2, 0.25) is 5.91 Å². The number of oxazole rings is 1. The number of carbonyl (C=O) groups is 1. The molecular weight excluding hydrogens is 234 g/mol. The van der Waals surface area contributed by atoms with Crippen LogP contribution < -0.4 is 16.8 Å². The average Bonchev–Trinajstić information content (AvgIpc) is 2.63. The molecule has 2 aromatic rings. The number of hydrogen-bond acceptors (Lipinski definition) is 4. The maximum absolute atomic E-state index is 11.5. The second-order valence-corrected chi connectivity index (χ2v) is 4.05. The molecule has 0 fully saturated rings. The smallest absolute Gasteiger partial charge is 0.408 e. The molecule has 0 spiro atoms. The van der Waals surface area contributed by atoms with E-state index in [2.05, 4.69) is 5.32 Å². The molecule has 1 aromatic heterocycles. The fourth-order valence-corrected chi connectivity index (χ4v) is 1.69. The third kappa shape index (κ3) is 2.43. The molecule has 3 N–H and O–H groups in total. The highest BCUT2D eigenvalue weighted by Crippen LogP contribution is 2.17. The summed E-state index contributed by atoms with van der Waals surface area (Å²) in [5.74, 6) is -0.509. The van der Waals surface area contributed by atoms with E-state index < -0.39 is 5.76 Å². The highest BCUT2D eigenvalue weighted by molar-refractivity contribution is 5.92. The number of benzene rings is 1. The van der Waals surface area contributed by atoms with Crippen molar-refractivity contribution in [1.29, 1.82) is 0 Å². The van der Waals surface area contributed by atoms with Crippen LogP contribution in [0.4, 0.5) is 5.69 Å². The van der Waals surface area contributed by atoms with Gasteiger partial charge in [0.1, 0.15) is 0 Å². The maximum atomic E-state index is 11.5. The van der Waals surface area contributed by atoms with E-state index in [1.807, 2.05) is 0 Å². The van der Waals surface area contributed by atoms with Gasteiger partial charge in [-0.15, -0.1) is 0 Å². The number of nitrogens with zero attached hydrogens (tertiary/aromatic N) is 1. The highest BCUT2D eigenvalue weighted by Gasteiger charge is 2.08. The molecule has 6 heteroatoms. The molecule has 0 aliphatic heterocycles. The summed E-state index contributed by atoms with van der Waals surface area (Å²) in [5, 5.41) is 2.75. The van der Waals surface area contributed by atoms with E-state index in [4.69, 9.17) is 10.2 Å². The van der Waals surface area contributed by atoms with Crippen LogP contribution in [0.5, 0.6) is 0 Å². The van der Waals surface area contributed by atoms with Crippen molar-refractivity contribution in [2.75, 3.05) is 11.9 Å². The molecule has 18 heavy (non-hydrogen) atoms. The lowest BCUT2D eigenvalue weighted by Gasteiger charge is -2.04. The first-order valence-electron chi connectivity index (χ1n) is 5.71.